The van der Waals surface area contributed by atoms with E-state index in [0.29, 0.717) is 12.6 Å². The number of piperidine rings is 1. The molecule has 0 aromatic heterocycles. The van der Waals surface area contributed by atoms with Crippen LogP contribution in [0.15, 0.2) is 4.99 Å². The van der Waals surface area contributed by atoms with Crippen molar-refractivity contribution in [1.29, 1.82) is 0 Å². The Morgan fingerprint density at radius 3 is 2.33 bits per heavy atom. The average molecular weight is 450 g/mol. The van der Waals surface area contributed by atoms with Gasteiger partial charge in [-0.05, 0) is 44.4 Å². The van der Waals surface area contributed by atoms with Crippen molar-refractivity contribution in [2.75, 3.05) is 46.4 Å². The highest BCUT2D eigenvalue weighted by Gasteiger charge is 2.26. The lowest BCUT2D eigenvalue weighted by Crippen LogP contribution is -2.49. The third-order valence-corrected chi connectivity index (χ3v) is 5.07. The Balaban J connectivity index is 0.00000208. The number of nitrogens with one attached hydrogen (secondary N) is 1. The van der Waals surface area contributed by atoms with Gasteiger partial charge in [-0.3, -0.25) is 9.79 Å². The molecular formula is C17H31IN4O2. The molecule has 24 heavy (non-hydrogen) atoms. The van der Waals surface area contributed by atoms with E-state index in [-0.39, 0.29) is 29.9 Å². The number of likely N-dealkylation sites (tertiary alicyclic amines) is 2. The lowest BCUT2D eigenvalue weighted by molar-refractivity contribution is -0.128. The predicted molar refractivity (Wildman–Crippen MR) is 106 cm³/mol. The molecule has 3 aliphatic rings. The minimum Gasteiger partial charge on any atom is -0.378 e. The van der Waals surface area contributed by atoms with Crippen LogP contribution in [0.5, 0.6) is 0 Å². The van der Waals surface area contributed by atoms with Crippen molar-refractivity contribution in [1.82, 2.24) is 15.1 Å². The van der Waals surface area contributed by atoms with Gasteiger partial charge >= 0.3 is 0 Å². The highest BCUT2D eigenvalue weighted by atomic mass is 127. The number of nitrogens with zero attached hydrogens (tertiary/aromatic N) is 3. The number of aliphatic imine (C=N–C) groups is 1. The van der Waals surface area contributed by atoms with Gasteiger partial charge in [0.15, 0.2) is 5.96 Å². The quantitative estimate of drug-likeness (QED) is 0.394. The minimum absolute atomic E-state index is 0. The zero-order valence-electron chi connectivity index (χ0n) is 14.7. The van der Waals surface area contributed by atoms with Gasteiger partial charge in [-0.2, -0.15) is 0 Å². The number of hydrogen-bond donors (Lipinski definition) is 1. The summed E-state index contributed by atoms with van der Waals surface area (Å²) in [7, 11) is 1.79. The Bertz CT molecular complexity index is 428. The van der Waals surface area contributed by atoms with Crippen LogP contribution in [0.1, 0.15) is 38.5 Å². The largest absolute Gasteiger partial charge is 0.378 e. The van der Waals surface area contributed by atoms with E-state index in [0.717, 1.165) is 70.3 Å². The molecule has 0 radical (unpaired) electrons. The maximum Gasteiger partial charge on any atom is 0.241 e. The Kier molecular flexibility index (Phi) is 8.06. The van der Waals surface area contributed by atoms with Crippen molar-refractivity contribution in [2.24, 2.45) is 10.9 Å². The van der Waals surface area contributed by atoms with Crippen molar-refractivity contribution in [2.45, 2.75) is 44.6 Å². The van der Waals surface area contributed by atoms with Crippen LogP contribution in [0, 0.1) is 5.92 Å². The van der Waals surface area contributed by atoms with Gasteiger partial charge in [-0.1, -0.05) is 0 Å². The number of halogens is 1. The number of guanidine groups is 1. The second-order valence-corrected chi connectivity index (χ2v) is 6.95. The molecule has 6 nitrogen and oxygen atoms in total. The number of carbonyl (C=O) groups is 1. The van der Waals surface area contributed by atoms with Crippen LogP contribution < -0.4 is 5.32 Å². The molecule has 1 N–H and O–H groups in total. The summed E-state index contributed by atoms with van der Waals surface area (Å²) in [6, 6.07) is 0. The number of carbonyl (C=O) groups excluding carboxylic acids is 1. The number of ether oxygens (including phenoxy) is 1. The summed E-state index contributed by atoms with van der Waals surface area (Å²) >= 11 is 0. The zero-order chi connectivity index (χ0) is 16.1. The molecule has 2 saturated heterocycles. The van der Waals surface area contributed by atoms with E-state index in [2.05, 4.69) is 15.2 Å². The first-order valence-corrected chi connectivity index (χ1v) is 9.11. The Hall–Kier alpha value is -0.570. The summed E-state index contributed by atoms with van der Waals surface area (Å²) in [4.78, 5) is 20.7. The molecule has 1 aliphatic carbocycles. The maximum atomic E-state index is 12.1. The van der Waals surface area contributed by atoms with Crippen LogP contribution in [-0.2, 0) is 9.53 Å². The molecule has 1 amide bonds. The van der Waals surface area contributed by atoms with Gasteiger partial charge in [-0.25, -0.2) is 0 Å². The van der Waals surface area contributed by atoms with Gasteiger partial charge in [0.25, 0.3) is 0 Å². The van der Waals surface area contributed by atoms with Crippen LogP contribution in [0.3, 0.4) is 0 Å². The molecule has 0 atom stereocenters. The standard InChI is InChI=1S/C17H30N4O2.HI/c1-18-17(19-12-16(22)20-8-2-3-9-20)21-10-6-15(7-11-21)23-13-14-4-5-14;/h14-15H,2-13H2,1H3,(H,18,19);1H. The molecule has 3 fully saturated rings. The summed E-state index contributed by atoms with van der Waals surface area (Å²) in [5.41, 5.74) is 0. The van der Waals surface area contributed by atoms with Gasteiger partial charge < -0.3 is 19.9 Å². The van der Waals surface area contributed by atoms with E-state index in [9.17, 15) is 4.79 Å². The van der Waals surface area contributed by atoms with Gasteiger partial charge in [0.05, 0.1) is 12.6 Å². The van der Waals surface area contributed by atoms with Gasteiger partial charge in [0.1, 0.15) is 0 Å². The Morgan fingerprint density at radius 1 is 1.08 bits per heavy atom. The van der Waals surface area contributed by atoms with E-state index in [1.807, 2.05) is 4.90 Å². The molecule has 2 heterocycles. The van der Waals surface area contributed by atoms with E-state index in [4.69, 9.17) is 4.74 Å². The summed E-state index contributed by atoms with van der Waals surface area (Å²) < 4.78 is 5.99. The molecular weight excluding hydrogens is 419 g/mol. The minimum atomic E-state index is 0. The third-order valence-electron chi connectivity index (χ3n) is 5.07. The van der Waals surface area contributed by atoms with Gasteiger partial charge in [0, 0.05) is 39.8 Å². The van der Waals surface area contributed by atoms with E-state index < -0.39 is 0 Å². The molecule has 0 unspecified atom stereocenters. The third kappa shape index (κ3) is 5.75. The molecule has 2 aliphatic heterocycles. The van der Waals surface area contributed by atoms with Gasteiger partial charge in [0.2, 0.25) is 5.91 Å². The Morgan fingerprint density at radius 2 is 1.75 bits per heavy atom. The molecule has 3 rings (SSSR count). The van der Waals surface area contributed by atoms with E-state index in [1.165, 1.54) is 12.8 Å². The molecule has 0 aromatic carbocycles. The number of rotatable bonds is 5. The summed E-state index contributed by atoms with van der Waals surface area (Å²) in [6.45, 7) is 5.01. The van der Waals surface area contributed by atoms with Crippen molar-refractivity contribution in [3.8, 4) is 0 Å². The molecule has 0 aromatic rings. The lowest BCUT2D eigenvalue weighted by atomic mass is 10.1. The zero-order valence-corrected chi connectivity index (χ0v) is 17.0. The summed E-state index contributed by atoms with van der Waals surface area (Å²) in [6.07, 6.45) is 7.46. The van der Waals surface area contributed by atoms with Crippen molar-refractivity contribution in [3.63, 3.8) is 0 Å². The normalized spacial score (nSPS) is 22.5. The van der Waals surface area contributed by atoms with Gasteiger partial charge in [-0.15, -0.1) is 24.0 Å². The first-order chi connectivity index (χ1) is 11.3. The van der Waals surface area contributed by atoms with E-state index >= 15 is 0 Å². The molecule has 0 spiro atoms. The Labute approximate surface area is 162 Å². The highest BCUT2D eigenvalue weighted by Crippen LogP contribution is 2.30. The topological polar surface area (TPSA) is 57.2 Å². The predicted octanol–water partition coefficient (Wildman–Crippen LogP) is 1.69. The SMILES string of the molecule is CN=C(NCC(=O)N1CCCC1)N1CCC(OCC2CC2)CC1.I. The number of amides is 1. The molecule has 1 saturated carbocycles. The van der Waals surface area contributed by atoms with Crippen LogP contribution in [0.2, 0.25) is 0 Å². The molecule has 138 valence electrons. The molecule has 0 bridgehead atoms. The van der Waals surface area contributed by atoms with Crippen LogP contribution in [0.4, 0.5) is 0 Å². The second-order valence-electron chi connectivity index (χ2n) is 6.95. The smallest absolute Gasteiger partial charge is 0.241 e. The highest BCUT2D eigenvalue weighted by molar-refractivity contribution is 14.0. The van der Waals surface area contributed by atoms with Crippen molar-refractivity contribution >= 4 is 35.8 Å². The van der Waals surface area contributed by atoms with Crippen molar-refractivity contribution in [3.05, 3.63) is 0 Å². The van der Waals surface area contributed by atoms with Crippen LogP contribution >= 0.6 is 24.0 Å². The lowest BCUT2D eigenvalue weighted by Gasteiger charge is -2.34. The summed E-state index contributed by atoms with van der Waals surface area (Å²) in [5, 5.41) is 3.23. The fourth-order valence-electron chi connectivity index (χ4n) is 3.36. The first-order valence-electron chi connectivity index (χ1n) is 9.11. The van der Waals surface area contributed by atoms with Crippen LogP contribution in [0.25, 0.3) is 0 Å². The maximum absolute atomic E-state index is 12.1. The summed E-state index contributed by atoms with van der Waals surface area (Å²) in [5.74, 6) is 1.86. The fourth-order valence-corrected chi connectivity index (χ4v) is 3.36. The second kappa shape index (κ2) is 9.79. The molecule has 7 heteroatoms. The average Bonchev–Trinajstić information content (AvgIpc) is 3.25. The van der Waals surface area contributed by atoms with Crippen molar-refractivity contribution < 1.29 is 9.53 Å². The fraction of sp³-hybridized carbons (Fsp3) is 0.882. The first kappa shape index (κ1) is 19.8. The monoisotopic (exact) mass is 450 g/mol. The number of hydrogen-bond acceptors (Lipinski definition) is 3. The van der Waals surface area contributed by atoms with E-state index in [1.54, 1.807) is 7.05 Å². The van der Waals surface area contributed by atoms with Crippen LogP contribution in [-0.4, -0.2) is 74.1 Å².